The summed E-state index contributed by atoms with van der Waals surface area (Å²) in [7, 11) is 1.87. The third-order valence-corrected chi connectivity index (χ3v) is 3.00. The zero-order chi connectivity index (χ0) is 12.0. The molecule has 1 aromatic rings. The second kappa shape index (κ2) is 6.76. The molecular weight excluding hydrogens is 225 g/mol. The highest BCUT2D eigenvalue weighted by molar-refractivity contribution is 7.98. The molecule has 0 heterocycles. The molecule has 4 heteroatoms. The summed E-state index contributed by atoms with van der Waals surface area (Å²) in [5, 5.41) is 3.12. The maximum Gasteiger partial charge on any atom is 0.127 e. The molecule has 1 N–H and O–H groups in total. The fraction of sp³-hybridized carbons (Fsp3) is 0.500. The molecule has 0 radical (unpaired) electrons. The zero-order valence-corrected chi connectivity index (χ0v) is 10.7. The summed E-state index contributed by atoms with van der Waals surface area (Å²) in [6.07, 6.45) is 2.02. The Morgan fingerprint density at radius 1 is 1.50 bits per heavy atom. The molecule has 0 saturated carbocycles. The van der Waals surface area contributed by atoms with Crippen LogP contribution in [0.3, 0.4) is 0 Å². The summed E-state index contributed by atoms with van der Waals surface area (Å²) in [5.41, 5.74) is 0.991. The Morgan fingerprint density at radius 2 is 2.25 bits per heavy atom. The van der Waals surface area contributed by atoms with Crippen LogP contribution < -0.4 is 10.1 Å². The molecule has 1 unspecified atom stereocenters. The van der Waals surface area contributed by atoms with Crippen LogP contribution >= 0.6 is 11.8 Å². The van der Waals surface area contributed by atoms with Gasteiger partial charge in [0.25, 0.3) is 0 Å². The summed E-state index contributed by atoms with van der Waals surface area (Å²) >= 11 is 1.71. The van der Waals surface area contributed by atoms with E-state index in [2.05, 4.69) is 5.32 Å². The van der Waals surface area contributed by atoms with E-state index in [0.717, 1.165) is 11.3 Å². The van der Waals surface area contributed by atoms with E-state index in [1.165, 1.54) is 12.1 Å². The molecule has 0 bridgehead atoms. The number of rotatable bonds is 6. The molecule has 0 aliphatic carbocycles. The summed E-state index contributed by atoms with van der Waals surface area (Å²) in [6.45, 7) is 2.63. The van der Waals surface area contributed by atoms with Crippen LogP contribution in [0.4, 0.5) is 4.39 Å². The first-order valence-electron chi connectivity index (χ1n) is 5.27. The van der Waals surface area contributed by atoms with Gasteiger partial charge in [-0.05, 0) is 26.3 Å². The first kappa shape index (κ1) is 13.3. The highest BCUT2D eigenvalue weighted by Gasteiger charge is 2.10. The Kier molecular flexibility index (Phi) is 5.63. The van der Waals surface area contributed by atoms with Gasteiger partial charge in [-0.2, -0.15) is 11.8 Å². The second-order valence-corrected chi connectivity index (χ2v) is 4.52. The molecule has 2 nitrogen and oxygen atoms in total. The molecule has 0 saturated heterocycles. The van der Waals surface area contributed by atoms with E-state index in [0.29, 0.717) is 12.4 Å². The maximum atomic E-state index is 13.1. The van der Waals surface area contributed by atoms with E-state index in [1.807, 2.05) is 20.2 Å². The zero-order valence-electron chi connectivity index (χ0n) is 9.92. The predicted octanol–water partition coefficient (Wildman–Crippen LogP) is 2.85. The fourth-order valence-corrected chi connectivity index (χ4v) is 1.63. The molecular formula is C12H18FNOS. The van der Waals surface area contributed by atoms with Gasteiger partial charge in [0.1, 0.15) is 11.6 Å². The van der Waals surface area contributed by atoms with Crippen molar-refractivity contribution in [2.24, 2.45) is 0 Å². The van der Waals surface area contributed by atoms with E-state index in [9.17, 15) is 4.39 Å². The van der Waals surface area contributed by atoms with Crippen molar-refractivity contribution in [2.75, 3.05) is 25.7 Å². The number of ether oxygens (including phenoxy) is 1. The van der Waals surface area contributed by atoms with Crippen LogP contribution in [0.15, 0.2) is 18.2 Å². The lowest BCUT2D eigenvalue weighted by molar-refractivity contribution is 0.334. The van der Waals surface area contributed by atoms with E-state index in [-0.39, 0.29) is 11.9 Å². The van der Waals surface area contributed by atoms with Crippen LogP contribution in [0.25, 0.3) is 0 Å². The van der Waals surface area contributed by atoms with Crippen molar-refractivity contribution >= 4 is 11.8 Å². The number of hydrogen-bond acceptors (Lipinski definition) is 3. The van der Waals surface area contributed by atoms with Crippen molar-refractivity contribution in [2.45, 2.75) is 13.0 Å². The molecule has 90 valence electrons. The fourth-order valence-electron chi connectivity index (χ4n) is 1.38. The van der Waals surface area contributed by atoms with Gasteiger partial charge >= 0.3 is 0 Å². The van der Waals surface area contributed by atoms with Crippen molar-refractivity contribution in [1.29, 1.82) is 0 Å². The molecule has 0 fully saturated rings. The standard InChI is InChI=1S/C12H18FNOS/c1-9(14-2)11-5-4-10(13)8-12(11)15-6-7-16-3/h4-5,8-9,14H,6-7H2,1-3H3. The lowest BCUT2D eigenvalue weighted by atomic mass is 10.1. The second-order valence-electron chi connectivity index (χ2n) is 3.53. The van der Waals surface area contributed by atoms with Gasteiger partial charge in [0, 0.05) is 23.4 Å². The molecule has 0 amide bonds. The first-order valence-corrected chi connectivity index (χ1v) is 6.67. The Bertz CT molecular complexity index is 333. The van der Waals surface area contributed by atoms with Crippen LogP contribution in [0.1, 0.15) is 18.5 Å². The van der Waals surface area contributed by atoms with Gasteiger partial charge in [-0.15, -0.1) is 0 Å². The smallest absolute Gasteiger partial charge is 0.127 e. The van der Waals surface area contributed by atoms with E-state index in [1.54, 1.807) is 17.8 Å². The molecule has 16 heavy (non-hydrogen) atoms. The Hall–Kier alpha value is -0.740. The van der Waals surface area contributed by atoms with E-state index >= 15 is 0 Å². The predicted molar refractivity (Wildman–Crippen MR) is 67.8 cm³/mol. The van der Waals surface area contributed by atoms with E-state index < -0.39 is 0 Å². The average molecular weight is 243 g/mol. The molecule has 0 aromatic heterocycles. The summed E-state index contributed by atoms with van der Waals surface area (Å²) in [4.78, 5) is 0. The molecule has 0 spiro atoms. The highest BCUT2D eigenvalue weighted by atomic mass is 32.2. The SMILES string of the molecule is CNC(C)c1ccc(F)cc1OCCSC. The minimum Gasteiger partial charge on any atom is -0.492 e. The van der Waals surface area contributed by atoms with Gasteiger partial charge in [-0.1, -0.05) is 6.07 Å². The third kappa shape index (κ3) is 3.68. The minimum absolute atomic E-state index is 0.157. The topological polar surface area (TPSA) is 21.3 Å². The third-order valence-electron chi connectivity index (χ3n) is 2.42. The van der Waals surface area contributed by atoms with Crippen molar-refractivity contribution in [3.63, 3.8) is 0 Å². The number of nitrogens with one attached hydrogen (secondary N) is 1. The normalized spacial score (nSPS) is 12.5. The Labute approximate surface area is 101 Å². The summed E-state index contributed by atoms with van der Waals surface area (Å²) in [6, 6.07) is 4.84. The molecule has 1 atom stereocenters. The minimum atomic E-state index is -0.258. The highest BCUT2D eigenvalue weighted by Crippen LogP contribution is 2.26. The average Bonchev–Trinajstić information content (AvgIpc) is 2.29. The maximum absolute atomic E-state index is 13.1. The van der Waals surface area contributed by atoms with Gasteiger partial charge in [0.15, 0.2) is 0 Å². The Balaban J connectivity index is 2.81. The number of thioether (sulfide) groups is 1. The largest absolute Gasteiger partial charge is 0.492 e. The van der Waals surface area contributed by atoms with Crippen molar-refractivity contribution < 1.29 is 9.13 Å². The quantitative estimate of drug-likeness (QED) is 0.776. The summed E-state index contributed by atoms with van der Waals surface area (Å²) < 4.78 is 18.7. The lowest BCUT2D eigenvalue weighted by Crippen LogP contribution is -2.14. The Morgan fingerprint density at radius 3 is 2.88 bits per heavy atom. The number of halogens is 1. The number of benzene rings is 1. The summed E-state index contributed by atoms with van der Waals surface area (Å²) in [5.74, 6) is 1.28. The van der Waals surface area contributed by atoms with Gasteiger partial charge < -0.3 is 10.1 Å². The van der Waals surface area contributed by atoms with Crippen molar-refractivity contribution in [1.82, 2.24) is 5.32 Å². The van der Waals surface area contributed by atoms with Gasteiger partial charge in [0.2, 0.25) is 0 Å². The molecule has 1 rings (SSSR count). The van der Waals surface area contributed by atoms with Crippen LogP contribution in [0, 0.1) is 5.82 Å². The monoisotopic (exact) mass is 243 g/mol. The van der Waals surface area contributed by atoms with Crippen LogP contribution in [0.2, 0.25) is 0 Å². The van der Waals surface area contributed by atoms with Crippen molar-refractivity contribution in [3.05, 3.63) is 29.6 Å². The number of hydrogen-bond donors (Lipinski definition) is 1. The van der Waals surface area contributed by atoms with Gasteiger partial charge in [-0.25, -0.2) is 4.39 Å². The lowest BCUT2D eigenvalue weighted by Gasteiger charge is -2.16. The van der Waals surface area contributed by atoms with Crippen LogP contribution in [0.5, 0.6) is 5.75 Å². The van der Waals surface area contributed by atoms with Crippen LogP contribution in [-0.2, 0) is 0 Å². The van der Waals surface area contributed by atoms with Crippen LogP contribution in [-0.4, -0.2) is 25.7 Å². The van der Waals surface area contributed by atoms with Crippen molar-refractivity contribution in [3.8, 4) is 5.75 Å². The van der Waals surface area contributed by atoms with Gasteiger partial charge in [0.05, 0.1) is 6.61 Å². The van der Waals surface area contributed by atoms with E-state index in [4.69, 9.17) is 4.74 Å². The molecule has 1 aromatic carbocycles. The molecule has 0 aliphatic heterocycles. The first-order chi connectivity index (χ1) is 7.69. The van der Waals surface area contributed by atoms with Gasteiger partial charge in [-0.3, -0.25) is 0 Å². The molecule has 0 aliphatic rings.